The van der Waals surface area contributed by atoms with Gasteiger partial charge in [-0.05, 0) is 19.8 Å². The summed E-state index contributed by atoms with van der Waals surface area (Å²) in [6.45, 7) is 5.49. The lowest BCUT2D eigenvalue weighted by Gasteiger charge is -2.19. The second-order valence-corrected chi connectivity index (χ2v) is 4.71. The van der Waals surface area contributed by atoms with E-state index in [1.807, 2.05) is 18.7 Å². The lowest BCUT2D eigenvalue weighted by molar-refractivity contribution is -0.130. The molecule has 1 aromatic heterocycles. The first-order chi connectivity index (χ1) is 8.16. The number of rotatable bonds is 2. The predicted octanol–water partition coefficient (Wildman–Crippen LogP) is 2.24. The first kappa shape index (κ1) is 12.1. The Hall–Kier alpha value is -1.32. The molecule has 0 saturated carbocycles. The molecule has 4 heteroatoms. The summed E-state index contributed by atoms with van der Waals surface area (Å²) in [6, 6.07) is 0. The molecule has 0 atom stereocenters. The van der Waals surface area contributed by atoms with E-state index in [9.17, 15) is 4.79 Å². The standard InChI is InChI=1S/C13H20N2O2/c1-10-12(17-11(2)14-10)9-13(16)15-7-5-3-4-6-8-15/h3-9H2,1-2H3. The molecule has 0 spiro atoms. The SMILES string of the molecule is Cc1nc(C)c(CC(=O)N2CCCCCC2)o1. The third kappa shape index (κ3) is 3.08. The van der Waals surface area contributed by atoms with E-state index in [1.165, 1.54) is 12.8 Å². The summed E-state index contributed by atoms with van der Waals surface area (Å²) in [5.41, 5.74) is 0.839. The van der Waals surface area contributed by atoms with E-state index in [0.29, 0.717) is 12.3 Å². The van der Waals surface area contributed by atoms with Gasteiger partial charge in [-0.15, -0.1) is 0 Å². The van der Waals surface area contributed by atoms with E-state index in [2.05, 4.69) is 4.98 Å². The van der Waals surface area contributed by atoms with Crippen LogP contribution < -0.4 is 0 Å². The Morgan fingerprint density at radius 2 is 1.88 bits per heavy atom. The Balaban J connectivity index is 1.98. The maximum atomic E-state index is 12.1. The number of hydrogen-bond donors (Lipinski definition) is 0. The molecule has 0 aromatic carbocycles. The average molecular weight is 236 g/mol. The summed E-state index contributed by atoms with van der Waals surface area (Å²) >= 11 is 0. The van der Waals surface area contributed by atoms with E-state index in [1.54, 1.807) is 0 Å². The van der Waals surface area contributed by atoms with E-state index in [-0.39, 0.29) is 5.91 Å². The molecule has 0 aliphatic carbocycles. The van der Waals surface area contributed by atoms with Crippen LogP contribution in [0.5, 0.6) is 0 Å². The maximum Gasteiger partial charge on any atom is 0.230 e. The lowest BCUT2D eigenvalue weighted by atomic mass is 10.2. The van der Waals surface area contributed by atoms with Crippen molar-refractivity contribution >= 4 is 5.91 Å². The third-order valence-corrected chi connectivity index (χ3v) is 3.27. The fourth-order valence-corrected chi connectivity index (χ4v) is 2.31. The minimum absolute atomic E-state index is 0.172. The first-order valence-electron chi connectivity index (χ1n) is 6.37. The Labute approximate surface area is 102 Å². The summed E-state index contributed by atoms with van der Waals surface area (Å²) in [5.74, 6) is 1.53. The van der Waals surface area contributed by atoms with Crippen LogP contribution >= 0.6 is 0 Å². The Bertz CT molecular complexity index is 390. The molecule has 1 saturated heterocycles. The molecular formula is C13H20N2O2. The highest BCUT2D eigenvalue weighted by atomic mass is 16.4. The smallest absolute Gasteiger partial charge is 0.230 e. The van der Waals surface area contributed by atoms with Gasteiger partial charge in [0.25, 0.3) is 0 Å². The second kappa shape index (κ2) is 5.34. The number of carbonyl (C=O) groups is 1. The van der Waals surface area contributed by atoms with Crippen molar-refractivity contribution in [3.63, 3.8) is 0 Å². The van der Waals surface area contributed by atoms with Crippen LogP contribution in [-0.4, -0.2) is 28.9 Å². The van der Waals surface area contributed by atoms with Gasteiger partial charge in [-0.25, -0.2) is 4.98 Å². The zero-order chi connectivity index (χ0) is 12.3. The van der Waals surface area contributed by atoms with Crippen LogP contribution in [0, 0.1) is 13.8 Å². The van der Waals surface area contributed by atoms with Crippen molar-refractivity contribution in [3.05, 3.63) is 17.3 Å². The van der Waals surface area contributed by atoms with Crippen molar-refractivity contribution in [2.75, 3.05) is 13.1 Å². The van der Waals surface area contributed by atoms with Crippen LogP contribution in [0.1, 0.15) is 43.0 Å². The number of aromatic nitrogens is 1. The van der Waals surface area contributed by atoms with Gasteiger partial charge in [-0.2, -0.15) is 0 Å². The number of carbonyl (C=O) groups excluding carboxylic acids is 1. The van der Waals surface area contributed by atoms with E-state index < -0.39 is 0 Å². The first-order valence-corrected chi connectivity index (χ1v) is 6.37. The molecule has 17 heavy (non-hydrogen) atoms. The highest BCUT2D eigenvalue weighted by Crippen LogP contribution is 2.14. The average Bonchev–Trinajstić information content (AvgIpc) is 2.54. The minimum Gasteiger partial charge on any atom is -0.445 e. The van der Waals surface area contributed by atoms with Gasteiger partial charge < -0.3 is 9.32 Å². The zero-order valence-corrected chi connectivity index (χ0v) is 10.7. The van der Waals surface area contributed by atoms with E-state index in [4.69, 9.17) is 4.42 Å². The molecule has 2 heterocycles. The second-order valence-electron chi connectivity index (χ2n) is 4.71. The van der Waals surface area contributed by atoms with Crippen LogP contribution in [-0.2, 0) is 11.2 Å². The van der Waals surface area contributed by atoms with Crippen molar-refractivity contribution in [2.24, 2.45) is 0 Å². The molecule has 1 aliphatic rings. The van der Waals surface area contributed by atoms with Crippen LogP contribution in [0.3, 0.4) is 0 Å². The molecule has 0 N–H and O–H groups in total. The van der Waals surface area contributed by atoms with Gasteiger partial charge in [0.15, 0.2) is 5.89 Å². The number of hydrogen-bond acceptors (Lipinski definition) is 3. The molecule has 2 rings (SSSR count). The summed E-state index contributed by atoms with van der Waals surface area (Å²) in [6.07, 6.45) is 5.08. The van der Waals surface area contributed by atoms with Gasteiger partial charge in [-0.1, -0.05) is 12.8 Å². The summed E-state index contributed by atoms with van der Waals surface area (Å²) in [5, 5.41) is 0. The molecule has 1 amide bonds. The molecule has 0 bridgehead atoms. The van der Waals surface area contributed by atoms with Crippen LogP contribution in [0.4, 0.5) is 0 Å². The summed E-state index contributed by atoms with van der Waals surface area (Å²) in [4.78, 5) is 18.3. The van der Waals surface area contributed by atoms with Gasteiger partial charge in [0.2, 0.25) is 5.91 Å². The monoisotopic (exact) mass is 236 g/mol. The molecular weight excluding hydrogens is 216 g/mol. The normalized spacial score (nSPS) is 16.9. The van der Waals surface area contributed by atoms with Gasteiger partial charge >= 0.3 is 0 Å². The number of nitrogens with zero attached hydrogens (tertiary/aromatic N) is 2. The van der Waals surface area contributed by atoms with Gasteiger partial charge in [0.05, 0.1) is 12.1 Å². The van der Waals surface area contributed by atoms with Crippen LogP contribution in [0.25, 0.3) is 0 Å². The number of aryl methyl sites for hydroxylation is 2. The largest absolute Gasteiger partial charge is 0.445 e. The fourth-order valence-electron chi connectivity index (χ4n) is 2.31. The predicted molar refractivity (Wildman–Crippen MR) is 64.7 cm³/mol. The summed E-state index contributed by atoms with van der Waals surface area (Å²) < 4.78 is 5.45. The molecule has 1 fully saturated rings. The Morgan fingerprint density at radius 1 is 1.24 bits per heavy atom. The minimum atomic E-state index is 0.172. The van der Waals surface area contributed by atoms with Gasteiger partial charge in [0.1, 0.15) is 5.76 Å². The van der Waals surface area contributed by atoms with E-state index in [0.717, 1.165) is 37.4 Å². The quantitative estimate of drug-likeness (QED) is 0.791. The van der Waals surface area contributed by atoms with Gasteiger partial charge in [-0.3, -0.25) is 4.79 Å². The Morgan fingerprint density at radius 3 is 2.41 bits per heavy atom. The highest BCUT2D eigenvalue weighted by molar-refractivity contribution is 5.78. The van der Waals surface area contributed by atoms with E-state index >= 15 is 0 Å². The topological polar surface area (TPSA) is 46.3 Å². The molecule has 1 aliphatic heterocycles. The molecule has 0 radical (unpaired) electrons. The number of oxazole rings is 1. The van der Waals surface area contributed by atoms with Crippen molar-refractivity contribution < 1.29 is 9.21 Å². The molecule has 1 aromatic rings. The zero-order valence-electron chi connectivity index (χ0n) is 10.7. The van der Waals surface area contributed by atoms with Crippen molar-refractivity contribution in [3.8, 4) is 0 Å². The molecule has 4 nitrogen and oxygen atoms in total. The number of likely N-dealkylation sites (tertiary alicyclic amines) is 1. The maximum absolute atomic E-state index is 12.1. The summed E-state index contributed by atoms with van der Waals surface area (Å²) in [7, 11) is 0. The Kier molecular flexibility index (Phi) is 3.82. The van der Waals surface area contributed by atoms with Crippen molar-refractivity contribution in [1.82, 2.24) is 9.88 Å². The van der Waals surface area contributed by atoms with Crippen LogP contribution in [0.15, 0.2) is 4.42 Å². The fraction of sp³-hybridized carbons (Fsp3) is 0.692. The molecule has 0 unspecified atom stereocenters. The van der Waals surface area contributed by atoms with Gasteiger partial charge in [0, 0.05) is 20.0 Å². The van der Waals surface area contributed by atoms with Crippen molar-refractivity contribution in [2.45, 2.75) is 46.0 Å². The lowest BCUT2D eigenvalue weighted by Crippen LogP contribution is -2.33. The highest BCUT2D eigenvalue weighted by Gasteiger charge is 2.18. The number of amides is 1. The molecule has 94 valence electrons. The van der Waals surface area contributed by atoms with Crippen molar-refractivity contribution in [1.29, 1.82) is 0 Å². The van der Waals surface area contributed by atoms with Crippen LogP contribution in [0.2, 0.25) is 0 Å². The third-order valence-electron chi connectivity index (χ3n) is 3.27.